The summed E-state index contributed by atoms with van der Waals surface area (Å²) >= 11 is 3.43. The predicted molar refractivity (Wildman–Crippen MR) is 53.8 cm³/mol. The van der Waals surface area contributed by atoms with Crippen LogP contribution in [0.1, 0.15) is 6.92 Å². The first-order valence-electron chi connectivity index (χ1n) is 3.73. The molecular formula is C8H8N2S2. The van der Waals surface area contributed by atoms with E-state index in [0.717, 1.165) is 15.6 Å². The maximum atomic E-state index is 4.23. The fourth-order valence-electron chi connectivity index (χ4n) is 1.02. The van der Waals surface area contributed by atoms with Crippen LogP contribution >= 0.6 is 23.1 Å². The zero-order valence-electron chi connectivity index (χ0n) is 6.65. The number of aromatic nitrogens is 2. The molecule has 0 amide bonds. The number of nitrogens with zero attached hydrogens (tertiary/aromatic N) is 2. The molecule has 0 aliphatic rings. The Bertz CT molecular complexity index is 383. The number of hydrogen-bond acceptors (Lipinski definition) is 4. The fraction of sp³-hybridized carbons (Fsp3) is 0.250. The minimum Gasteiger partial charge on any atom is -0.229 e. The van der Waals surface area contributed by atoms with Crippen LogP contribution in [0.2, 0.25) is 0 Å². The highest BCUT2D eigenvalue weighted by Crippen LogP contribution is 2.26. The van der Waals surface area contributed by atoms with Crippen LogP contribution in [0.25, 0.3) is 10.2 Å². The third-order valence-electron chi connectivity index (χ3n) is 1.51. The van der Waals surface area contributed by atoms with E-state index >= 15 is 0 Å². The summed E-state index contributed by atoms with van der Waals surface area (Å²) < 4.78 is 0. The zero-order chi connectivity index (χ0) is 8.39. The SMILES string of the molecule is CCSc1ncnc2sccc12. The van der Waals surface area contributed by atoms with Gasteiger partial charge in [0.1, 0.15) is 16.2 Å². The van der Waals surface area contributed by atoms with Crippen molar-refractivity contribution in [2.45, 2.75) is 11.9 Å². The Kier molecular flexibility index (Phi) is 2.28. The van der Waals surface area contributed by atoms with Crippen LogP contribution in [-0.4, -0.2) is 15.7 Å². The van der Waals surface area contributed by atoms with Gasteiger partial charge in [0.2, 0.25) is 0 Å². The summed E-state index contributed by atoms with van der Waals surface area (Å²) in [4.78, 5) is 9.49. The van der Waals surface area contributed by atoms with E-state index in [-0.39, 0.29) is 0 Å². The van der Waals surface area contributed by atoms with Crippen molar-refractivity contribution in [3.05, 3.63) is 17.8 Å². The lowest BCUT2D eigenvalue weighted by atomic mass is 10.4. The molecule has 0 aliphatic carbocycles. The average Bonchev–Trinajstić information content (AvgIpc) is 2.53. The monoisotopic (exact) mass is 196 g/mol. The van der Waals surface area contributed by atoms with Crippen LogP contribution in [0, 0.1) is 0 Å². The van der Waals surface area contributed by atoms with Crippen LogP contribution in [0.15, 0.2) is 22.8 Å². The van der Waals surface area contributed by atoms with Crippen LogP contribution < -0.4 is 0 Å². The largest absolute Gasteiger partial charge is 0.229 e. The first-order valence-corrected chi connectivity index (χ1v) is 5.59. The first kappa shape index (κ1) is 8.01. The summed E-state index contributed by atoms with van der Waals surface area (Å²) in [6, 6.07) is 2.08. The van der Waals surface area contributed by atoms with Crippen LogP contribution in [0.3, 0.4) is 0 Å². The Labute approximate surface area is 79.0 Å². The minimum atomic E-state index is 1.06. The highest BCUT2D eigenvalue weighted by molar-refractivity contribution is 7.99. The normalized spacial score (nSPS) is 10.8. The molecule has 2 aromatic heterocycles. The van der Waals surface area contributed by atoms with Gasteiger partial charge in [-0.1, -0.05) is 6.92 Å². The number of thiophene rings is 1. The second-order valence-corrected chi connectivity index (χ2v) is 4.40. The molecule has 4 heteroatoms. The summed E-state index contributed by atoms with van der Waals surface area (Å²) in [7, 11) is 0. The Morgan fingerprint density at radius 3 is 3.25 bits per heavy atom. The van der Waals surface area contributed by atoms with E-state index in [1.165, 1.54) is 5.39 Å². The van der Waals surface area contributed by atoms with E-state index in [2.05, 4.69) is 28.3 Å². The summed E-state index contributed by atoms with van der Waals surface area (Å²) in [5.41, 5.74) is 0. The Balaban J connectivity index is 2.57. The Morgan fingerprint density at radius 2 is 2.42 bits per heavy atom. The number of thioether (sulfide) groups is 1. The topological polar surface area (TPSA) is 25.8 Å². The molecule has 0 fully saturated rings. The summed E-state index contributed by atoms with van der Waals surface area (Å²) in [6.45, 7) is 2.13. The number of rotatable bonds is 2. The van der Waals surface area contributed by atoms with E-state index in [1.54, 1.807) is 29.4 Å². The average molecular weight is 196 g/mol. The van der Waals surface area contributed by atoms with Gasteiger partial charge in [0, 0.05) is 5.39 Å². The van der Waals surface area contributed by atoms with Gasteiger partial charge < -0.3 is 0 Å². The van der Waals surface area contributed by atoms with Crippen LogP contribution in [0.5, 0.6) is 0 Å². The van der Waals surface area contributed by atoms with Gasteiger partial charge in [-0.25, -0.2) is 9.97 Å². The molecule has 0 aliphatic heterocycles. The second-order valence-electron chi connectivity index (χ2n) is 2.25. The highest BCUT2D eigenvalue weighted by Gasteiger charge is 2.02. The molecule has 2 aromatic rings. The molecule has 0 aromatic carbocycles. The van der Waals surface area contributed by atoms with Crippen LogP contribution in [0.4, 0.5) is 0 Å². The van der Waals surface area contributed by atoms with Crippen molar-refractivity contribution in [2.24, 2.45) is 0 Å². The fourth-order valence-corrected chi connectivity index (χ4v) is 2.53. The third kappa shape index (κ3) is 1.32. The van der Waals surface area contributed by atoms with Crippen molar-refractivity contribution >= 4 is 33.3 Å². The molecular weight excluding hydrogens is 188 g/mol. The quantitative estimate of drug-likeness (QED) is 0.545. The smallest absolute Gasteiger partial charge is 0.127 e. The molecule has 0 N–H and O–H groups in total. The van der Waals surface area contributed by atoms with E-state index in [9.17, 15) is 0 Å². The molecule has 0 unspecified atom stereocenters. The van der Waals surface area contributed by atoms with Crippen molar-refractivity contribution in [3.63, 3.8) is 0 Å². The van der Waals surface area contributed by atoms with Gasteiger partial charge in [0.25, 0.3) is 0 Å². The van der Waals surface area contributed by atoms with E-state index in [0.29, 0.717) is 0 Å². The number of fused-ring (bicyclic) bond motifs is 1. The molecule has 0 saturated heterocycles. The summed E-state index contributed by atoms with van der Waals surface area (Å²) in [6.07, 6.45) is 1.64. The second kappa shape index (κ2) is 3.41. The van der Waals surface area contributed by atoms with Gasteiger partial charge in [-0.05, 0) is 17.2 Å². The molecule has 0 atom stereocenters. The molecule has 0 spiro atoms. The summed E-state index contributed by atoms with van der Waals surface area (Å²) in [5.74, 6) is 1.06. The van der Waals surface area contributed by atoms with Gasteiger partial charge >= 0.3 is 0 Å². The molecule has 0 saturated carbocycles. The van der Waals surface area contributed by atoms with Gasteiger partial charge in [-0.15, -0.1) is 23.1 Å². The maximum absolute atomic E-state index is 4.23. The highest BCUT2D eigenvalue weighted by atomic mass is 32.2. The number of hydrogen-bond donors (Lipinski definition) is 0. The molecule has 0 radical (unpaired) electrons. The zero-order valence-corrected chi connectivity index (χ0v) is 8.28. The van der Waals surface area contributed by atoms with Crippen molar-refractivity contribution in [1.82, 2.24) is 9.97 Å². The Hall–Kier alpha value is -0.610. The minimum absolute atomic E-state index is 1.06. The van der Waals surface area contributed by atoms with Gasteiger partial charge in [-0.2, -0.15) is 0 Å². The molecule has 2 nitrogen and oxygen atoms in total. The van der Waals surface area contributed by atoms with Crippen molar-refractivity contribution < 1.29 is 0 Å². The van der Waals surface area contributed by atoms with Crippen molar-refractivity contribution in [1.29, 1.82) is 0 Å². The van der Waals surface area contributed by atoms with E-state index in [4.69, 9.17) is 0 Å². The van der Waals surface area contributed by atoms with Gasteiger partial charge in [-0.3, -0.25) is 0 Å². The lowest BCUT2D eigenvalue weighted by molar-refractivity contribution is 1.11. The van der Waals surface area contributed by atoms with E-state index < -0.39 is 0 Å². The van der Waals surface area contributed by atoms with Crippen molar-refractivity contribution in [3.8, 4) is 0 Å². The van der Waals surface area contributed by atoms with Gasteiger partial charge in [0.15, 0.2) is 0 Å². The lowest BCUT2D eigenvalue weighted by Crippen LogP contribution is -1.82. The van der Waals surface area contributed by atoms with Gasteiger partial charge in [0.05, 0.1) is 0 Å². The molecule has 0 bridgehead atoms. The van der Waals surface area contributed by atoms with Crippen molar-refractivity contribution in [2.75, 3.05) is 5.75 Å². The van der Waals surface area contributed by atoms with E-state index in [1.807, 2.05) is 0 Å². The predicted octanol–water partition coefficient (Wildman–Crippen LogP) is 2.80. The van der Waals surface area contributed by atoms with Crippen LogP contribution in [-0.2, 0) is 0 Å². The third-order valence-corrected chi connectivity index (χ3v) is 3.21. The first-order chi connectivity index (χ1) is 5.92. The standard InChI is InChI=1S/C8H8N2S2/c1-2-11-7-6-3-4-12-8(6)10-5-9-7/h3-5H,2H2,1H3. The molecule has 2 heterocycles. The summed E-state index contributed by atoms with van der Waals surface area (Å²) in [5, 5.41) is 4.34. The molecule has 62 valence electrons. The maximum Gasteiger partial charge on any atom is 0.127 e. The Morgan fingerprint density at radius 1 is 1.50 bits per heavy atom. The molecule has 2 rings (SSSR count). The molecule has 12 heavy (non-hydrogen) atoms. The lowest BCUT2D eigenvalue weighted by Gasteiger charge is -1.96.